The van der Waals surface area contributed by atoms with Crippen molar-refractivity contribution in [2.24, 2.45) is 11.7 Å². The number of hydrogen-bond donors (Lipinski definition) is 3. The van der Waals surface area contributed by atoms with Crippen LogP contribution in [0.3, 0.4) is 0 Å². The summed E-state index contributed by atoms with van der Waals surface area (Å²) in [5, 5.41) is 12.7. The van der Waals surface area contributed by atoms with Gasteiger partial charge < -0.3 is 20.6 Å². The molecular weight excluding hydrogens is 408 g/mol. The third kappa shape index (κ3) is 5.46. The van der Waals surface area contributed by atoms with Crippen molar-refractivity contribution in [1.29, 1.82) is 0 Å². The average Bonchev–Trinajstić information content (AvgIpc) is 3.33. The third-order valence-corrected chi connectivity index (χ3v) is 5.10. The molecule has 164 valence electrons. The van der Waals surface area contributed by atoms with Crippen LogP contribution in [0, 0.1) is 12.8 Å². The molecule has 1 fully saturated rings. The molecule has 9 heteroatoms. The second-order valence-corrected chi connectivity index (χ2v) is 7.87. The number of carbonyl (C=O) groups excluding carboxylic acids is 2. The SMILES string of the molecule is Cc1coc(-c2ccc(CN(C(=O)[C@@H]3C[C@@H](O)CN3)C(=O)[C@@H](N)C(C)C)cc2)n1.Cl. The highest BCUT2D eigenvalue weighted by molar-refractivity contribution is 6.00. The summed E-state index contributed by atoms with van der Waals surface area (Å²) >= 11 is 0. The summed E-state index contributed by atoms with van der Waals surface area (Å²) in [5.74, 6) is -0.366. The quantitative estimate of drug-likeness (QED) is 0.629. The van der Waals surface area contributed by atoms with Gasteiger partial charge >= 0.3 is 0 Å². The number of aromatic nitrogens is 1. The number of benzene rings is 1. The highest BCUT2D eigenvalue weighted by Crippen LogP contribution is 2.21. The lowest BCUT2D eigenvalue weighted by Gasteiger charge is -2.28. The lowest BCUT2D eigenvalue weighted by molar-refractivity contribution is -0.148. The molecule has 0 saturated carbocycles. The lowest BCUT2D eigenvalue weighted by Crippen LogP contribution is -2.53. The van der Waals surface area contributed by atoms with Gasteiger partial charge in [0.15, 0.2) is 0 Å². The molecule has 1 saturated heterocycles. The van der Waals surface area contributed by atoms with Gasteiger partial charge in [-0.3, -0.25) is 14.5 Å². The van der Waals surface area contributed by atoms with Crippen LogP contribution in [0.2, 0.25) is 0 Å². The Hall–Kier alpha value is -2.26. The molecule has 8 nitrogen and oxygen atoms in total. The van der Waals surface area contributed by atoms with Crippen molar-refractivity contribution in [1.82, 2.24) is 15.2 Å². The first kappa shape index (κ1) is 24.0. The first-order valence-electron chi connectivity index (χ1n) is 9.80. The number of nitrogens with zero attached hydrogens (tertiary/aromatic N) is 2. The second kappa shape index (κ2) is 10.2. The maximum Gasteiger partial charge on any atom is 0.246 e. The molecule has 4 N–H and O–H groups in total. The predicted molar refractivity (Wildman–Crippen MR) is 115 cm³/mol. The van der Waals surface area contributed by atoms with Crippen molar-refractivity contribution < 1.29 is 19.1 Å². The number of halogens is 1. The van der Waals surface area contributed by atoms with E-state index in [9.17, 15) is 14.7 Å². The number of nitrogens with one attached hydrogen (secondary N) is 1. The summed E-state index contributed by atoms with van der Waals surface area (Å²) in [5.41, 5.74) is 8.43. The van der Waals surface area contributed by atoms with Crippen molar-refractivity contribution in [3.05, 3.63) is 41.8 Å². The van der Waals surface area contributed by atoms with E-state index in [0.717, 1.165) is 16.8 Å². The van der Waals surface area contributed by atoms with E-state index in [1.807, 2.05) is 45.0 Å². The number of rotatable bonds is 6. The largest absolute Gasteiger partial charge is 0.444 e. The van der Waals surface area contributed by atoms with Crippen LogP contribution in [0.1, 0.15) is 31.5 Å². The van der Waals surface area contributed by atoms with Gasteiger partial charge in [-0.15, -0.1) is 12.4 Å². The van der Waals surface area contributed by atoms with Crippen molar-refractivity contribution in [2.75, 3.05) is 6.54 Å². The molecule has 2 heterocycles. The van der Waals surface area contributed by atoms with Gasteiger partial charge in [0.25, 0.3) is 0 Å². The number of oxazole rings is 1. The number of carbonyl (C=O) groups is 2. The summed E-state index contributed by atoms with van der Waals surface area (Å²) < 4.78 is 5.40. The summed E-state index contributed by atoms with van der Waals surface area (Å²) in [6, 6.07) is 5.98. The minimum atomic E-state index is -0.778. The molecule has 30 heavy (non-hydrogen) atoms. The van der Waals surface area contributed by atoms with E-state index >= 15 is 0 Å². The first-order chi connectivity index (χ1) is 13.8. The maximum absolute atomic E-state index is 13.0. The van der Waals surface area contributed by atoms with E-state index in [1.165, 1.54) is 4.90 Å². The molecule has 0 spiro atoms. The van der Waals surface area contributed by atoms with Gasteiger partial charge in [0.1, 0.15) is 6.26 Å². The molecule has 0 radical (unpaired) electrons. The molecule has 2 amide bonds. The van der Waals surface area contributed by atoms with E-state index in [2.05, 4.69) is 10.3 Å². The molecule has 0 bridgehead atoms. The van der Waals surface area contributed by atoms with Crippen LogP contribution in [0.15, 0.2) is 34.9 Å². The molecule has 0 unspecified atom stereocenters. The van der Waals surface area contributed by atoms with Gasteiger partial charge in [0, 0.05) is 12.1 Å². The summed E-state index contributed by atoms with van der Waals surface area (Å²) in [7, 11) is 0. The summed E-state index contributed by atoms with van der Waals surface area (Å²) in [4.78, 5) is 31.4. The van der Waals surface area contributed by atoms with Crippen LogP contribution in [-0.2, 0) is 16.1 Å². The first-order valence-corrected chi connectivity index (χ1v) is 9.80. The van der Waals surface area contributed by atoms with Crippen molar-refractivity contribution >= 4 is 24.2 Å². The Morgan fingerprint density at radius 2 is 2.00 bits per heavy atom. The van der Waals surface area contributed by atoms with Gasteiger partial charge in [-0.25, -0.2) is 4.98 Å². The molecule has 1 aromatic heterocycles. The molecule has 2 aromatic rings. The van der Waals surface area contributed by atoms with Gasteiger partial charge in [-0.05, 0) is 37.0 Å². The molecule has 3 rings (SSSR count). The minimum absolute atomic E-state index is 0. The van der Waals surface area contributed by atoms with Crippen LogP contribution in [0.4, 0.5) is 0 Å². The van der Waals surface area contributed by atoms with Crippen LogP contribution in [0.5, 0.6) is 0 Å². The highest BCUT2D eigenvalue weighted by Gasteiger charge is 2.36. The van der Waals surface area contributed by atoms with E-state index in [1.54, 1.807) is 6.26 Å². The Bertz CT molecular complexity index is 868. The maximum atomic E-state index is 13.0. The van der Waals surface area contributed by atoms with E-state index in [4.69, 9.17) is 10.2 Å². The number of β-amino-alcohol motifs (C(OH)–C–C–N with tert-alkyl or cyclic N) is 1. The van der Waals surface area contributed by atoms with Crippen LogP contribution in [0.25, 0.3) is 11.5 Å². The molecule has 1 aliphatic rings. The number of imide groups is 1. The predicted octanol–water partition coefficient (Wildman–Crippen LogP) is 1.63. The molecule has 1 aliphatic heterocycles. The molecule has 1 aromatic carbocycles. The zero-order valence-corrected chi connectivity index (χ0v) is 18.2. The Kier molecular flexibility index (Phi) is 8.14. The topological polar surface area (TPSA) is 122 Å². The number of nitrogens with two attached hydrogens (primary N) is 1. The highest BCUT2D eigenvalue weighted by atomic mass is 35.5. The molecule has 3 atom stereocenters. The molecule has 0 aliphatic carbocycles. The van der Waals surface area contributed by atoms with Crippen LogP contribution in [-0.4, -0.2) is 51.5 Å². The summed E-state index contributed by atoms with van der Waals surface area (Å²) in [6.45, 7) is 5.98. The van der Waals surface area contributed by atoms with Crippen molar-refractivity contribution in [3.8, 4) is 11.5 Å². The summed E-state index contributed by atoms with van der Waals surface area (Å²) in [6.07, 6.45) is 1.27. The minimum Gasteiger partial charge on any atom is -0.444 e. The standard InChI is InChI=1S/C21H28N4O4.ClH/c1-12(2)18(22)21(28)25(20(27)17-8-16(26)9-23-17)10-14-4-6-15(7-5-14)19-24-13(3)11-29-19;/h4-7,11-12,16-18,23,26H,8-10,22H2,1-3H3;1H/t16-,17+,18+;/m1./s1. The van der Waals surface area contributed by atoms with E-state index < -0.39 is 24.1 Å². The van der Waals surface area contributed by atoms with Crippen LogP contribution >= 0.6 is 12.4 Å². The fourth-order valence-electron chi connectivity index (χ4n) is 3.24. The Labute approximate surface area is 182 Å². The fourth-order valence-corrected chi connectivity index (χ4v) is 3.24. The zero-order chi connectivity index (χ0) is 21.1. The zero-order valence-electron chi connectivity index (χ0n) is 17.4. The van der Waals surface area contributed by atoms with Gasteiger partial charge in [-0.2, -0.15) is 0 Å². The monoisotopic (exact) mass is 436 g/mol. The van der Waals surface area contributed by atoms with Gasteiger partial charge in [-0.1, -0.05) is 26.0 Å². The normalized spacial score (nSPS) is 19.4. The Balaban J connectivity index is 0.00000320. The number of aryl methyl sites for hydroxylation is 1. The van der Waals surface area contributed by atoms with E-state index in [-0.39, 0.29) is 37.2 Å². The number of amides is 2. The number of aliphatic hydroxyl groups excluding tert-OH is 1. The third-order valence-electron chi connectivity index (χ3n) is 5.10. The van der Waals surface area contributed by atoms with Crippen LogP contribution < -0.4 is 11.1 Å². The smallest absolute Gasteiger partial charge is 0.246 e. The molecular formula is C21H29ClN4O4. The van der Waals surface area contributed by atoms with Crippen molar-refractivity contribution in [3.63, 3.8) is 0 Å². The van der Waals surface area contributed by atoms with Gasteiger partial charge in [0.05, 0.1) is 30.4 Å². The lowest BCUT2D eigenvalue weighted by atomic mass is 10.0. The average molecular weight is 437 g/mol. The number of aliphatic hydroxyl groups is 1. The van der Waals surface area contributed by atoms with E-state index in [0.29, 0.717) is 12.4 Å². The second-order valence-electron chi connectivity index (χ2n) is 7.87. The fraction of sp³-hybridized carbons (Fsp3) is 0.476. The Morgan fingerprint density at radius 3 is 2.50 bits per heavy atom. The Morgan fingerprint density at radius 1 is 1.33 bits per heavy atom. The van der Waals surface area contributed by atoms with Gasteiger partial charge in [0.2, 0.25) is 17.7 Å². The van der Waals surface area contributed by atoms with Crippen molar-refractivity contribution in [2.45, 2.75) is 51.9 Å². The number of hydrogen-bond acceptors (Lipinski definition) is 7.